The van der Waals surface area contributed by atoms with Crippen LogP contribution in [0, 0.1) is 11.7 Å². The maximum absolute atomic E-state index is 13.4. The standard InChI is InChI=1S/C14H20FNO/c1-9-3-5-13(16)11(7-9)12-8-10(15)4-6-14(12)17-2/h4,6,8-9,11,13H,3,5,7,16H2,1-2H3. The summed E-state index contributed by atoms with van der Waals surface area (Å²) in [5.74, 6) is 1.39. The summed E-state index contributed by atoms with van der Waals surface area (Å²) in [5.41, 5.74) is 7.09. The van der Waals surface area contributed by atoms with Gasteiger partial charge in [-0.15, -0.1) is 0 Å². The zero-order valence-electron chi connectivity index (χ0n) is 10.4. The van der Waals surface area contributed by atoms with Crippen LogP contribution in [0.25, 0.3) is 0 Å². The number of nitrogens with two attached hydrogens (primary N) is 1. The summed E-state index contributed by atoms with van der Waals surface area (Å²) in [5, 5.41) is 0. The Labute approximate surface area is 102 Å². The highest BCUT2D eigenvalue weighted by Crippen LogP contribution is 2.39. The first-order valence-electron chi connectivity index (χ1n) is 6.21. The molecular formula is C14H20FNO. The SMILES string of the molecule is COc1ccc(F)cc1C1CC(C)CCC1N. The van der Waals surface area contributed by atoms with Crippen LogP contribution in [0.1, 0.15) is 37.7 Å². The summed E-state index contributed by atoms with van der Waals surface area (Å²) in [6.07, 6.45) is 3.18. The van der Waals surface area contributed by atoms with Gasteiger partial charge in [0.1, 0.15) is 11.6 Å². The number of rotatable bonds is 2. The van der Waals surface area contributed by atoms with Crippen molar-refractivity contribution in [2.75, 3.05) is 7.11 Å². The van der Waals surface area contributed by atoms with E-state index < -0.39 is 0 Å². The molecule has 2 N–H and O–H groups in total. The molecule has 1 aromatic rings. The van der Waals surface area contributed by atoms with Gasteiger partial charge in [-0.3, -0.25) is 0 Å². The molecule has 3 atom stereocenters. The van der Waals surface area contributed by atoms with Gasteiger partial charge in [0, 0.05) is 17.5 Å². The second kappa shape index (κ2) is 5.05. The van der Waals surface area contributed by atoms with Gasteiger partial charge in [0.15, 0.2) is 0 Å². The summed E-state index contributed by atoms with van der Waals surface area (Å²) in [6.45, 7) is 2.23. The molecule has 1 aliphatic rings. The minimum Gasteiger partial charge on any atom is -0.496 e. The van der Waals surface area contributed by atoms with Crippen molar-refractivity contribution in [3.8, 4) is 5.75 Å². The highest BCUT2D eigenvalue weighted by molar-refractivity contribution is 5.38. The average Bonchev–Trinajstić information content (AvgIpc) is 2.32. The number of methoxy groups -OCH3 is 1. The first-order chi connectivity index (χ1) is 8.11. The van der Waals surface area contributed by atoms with Crippen LogP contribution in [0.4, 0.5) is 4.39 Å². The third-order valence-corrected chi connectivity index (χ3v) is 3.76. The highest BCUT2D eigenvalue weighted by Gasteiger charge is 2.29. The molecule has 3 heteroatoms. The first kappa shape index (κ1) is 12.4. The smallest absolute Gasteiger partial charge is 0.123 e. The van der Waals surface area contributed by atoms with Crippen LogP contribution in [-0.2, 0) is 0 Å². The molecule has 0 amide bonds. The molecule has 17 heavy (non-hydrogen) atoms. The Morgan fingerprint density at radius 1 is 1.35 bits per heavy atom. The molecule has 0 bridgehead atoms. The van der Waals surface area contributed by atoms with E-state index in [0.29, 0.717) is 5.92 Å². The third-order valence-electron chi connectivity index (χ3n) is 3.76. The van der Waals surface area contributed by atoms with Crippen LogP contribution in [0.3, 0.4) is 0 Å². The fourth-order valence-electron chi connectivity index (χ4n) is 2.76. The summed E-state index contributed by atoms with van der Waals surface area (Å²) in [4.78, 5) is 0. The second-order valence-corrected chi connectivity index (χ2v) is 5.07. The van der Waals surface area contributed by atoms with Crippen molar-refractivity contribution < 1.29 is 9.13 Å². The Morgan fingerprint density at radius 2 is 2.12 bits per heavy atom. The van der Waals surface area contributed by atoms with E-state index in [0.717, 1.165) is 30.6 Å². The van der Waals surface area contributed by atoms with E-state index in [-0.39, 0.29) is 17.8 Å². The largest absolute Gasteiger partial charge is 0.496 e. The maximum atomic E-state index is 13.4. The monoisotopic (exact) mass is 237 g/mol. The Morgan fingerprint density at radius 3 is 2.82 bits per heavy atom. The van der Waals surface area contributed by atoms with Crippen LogP contribution in [0.2, 0.25) is 0 Å². The number of benzene rings is 1. The Balaban J connectivity index is 2.33. The van der Waals surface area contributed by atoms with Crippen LogP contribution < -0.4 is 10.5 Å². The number of hydrogen-bond acceptors (Lipinski definition) is 2. The molecule has 0 heterocycles. The fraction of sp³-hybridized carbons (Fsp3) is 0.571. The van der Waals surface area contributed by atoms with Crippen molar-refractivity contribution in [2.45, 2.75) is 38.1 Å². The zero-order chi connectivity index (χ0) is 12.4. The summed E-state index contributed by atoms with van der Waals surface area (Å²) in [6, 6.07) is 4.81. The topological polar surface area (TPSA) is 35.2 Å². The number of ether oxygens (including phenoxy) is 1. The van der Waals surface area contributed by atoms with E-state index in [1.807, 2.05) is 0 Å². The van der Waals surface area contributed by atoms with Gasteiger partial charge in [-0.05, 0) is 43.4 Å². The normalized spacial score (nSPS) is 29.1. The molecule has 1 aromatic carbocycles. The van der Waals surface area contributed by atoms with E-state index >= 15 is 0 Å². The van der Waals surface area contributed by atoms with Crippen molar-refractivity contribution in [3.63, 3.8) is 0 Å². The minimum atomic E-state index is -0.216. The Hall–Kier alpha value is -1.09. The van der Waals surface area contributed by atoms with E-state index in [4.69, 9.17) is 10.5 Å². The van der Waals surface area contributed by atoms with E-state index in [9.17, 15) is 4.39 Å². The van der Waals surface area contributed by atoms with E-state index in [1.165, 1.54) is 6.07 Å². The maximum Gasteiger partial charge on any atom is 0.123 e. The van der Waals surface area contributed by atoms with Gasteiger partial charge in [0.05, 0.1) is 7.11 Å². The van der Waals surface area contributed by atoms with E-state index in [2.05, 4.69) is 6.92 Å². The zero-order valence-corrected chi connectivity index (χ0v) is 10.4. The molecule has 0 aromatic heterocycles. The van der Waals surface area contributed by atoms with Gasteiger partial charge in [-0.2, -0.15) is 0 Å². The van der Waals surface area contributed by atoms with Gasteiger partial charge in [0.2, 0.25) is 0 Å². The van der Waals surface area contributed by atoms with E-state index in [1.54, 1.807) is 19.2 Å². The molecule has 0 spiro atoms. The number of hydrogen-bond donors (Lipinski definition) is 1. The van der Waals surface area contributed by atoms with Gasteiger partial charge in [-0.25, -0.2) is 4.39 Å². The molecule has 2 rings (SSSR count). The van der Waals surface area contributed by atoms with Gasteiger partial charge in [-0.1, -0.05) is 6.92 Å². The molecule has 94 valence electrons. The first-order valence-corrected chi connectivity index (χ1v) is 6.21. The Kier molecular flexibility index (Phi) is 3.67. The summed E-state index contributed by atoms with van der Waals surface area (Å²) < 4.78 is 18.7. The second-order valence-electron chi connectivity index (χ2n) is 5.07. The van der Waals surface area contributed by atoms with Crippen molar-refractivity contribution >= 4 is 0 Å². The quantitative estimate of drug-likeness (QED) is 0.858. The summed E-state index contributed by atoms with van der Waals surface area (Å²) in [7, 11) is 1.62. The van der Waals surface area contributed by atoms with Crippen molar-refractivity contribution in [2.24, 2.45) is 11.7 Å². The average molecular weight is 237 g/mol. The molecule has 1 fully saturated rings. The van der Waals surface area contributed by atoms with Gasteiger partial charge >= 0.3 is 0 Å². The lowest BCUT2D eigenvalue weighted by Gasteiger charge is -2.33. The molecule has 0 radical (unpaired) electrons. The molecule has 0 saturated heterocycles. The lowest BCUT2D eigenvalue weighted by Crippen LogP contribution is -2.34. The summed E-state index contributed by atoms with van der Waals surface area (Å²) >= 11 is 0. The molecular weight excluding hydrogens is 217 g/mol. The molecule has 0 aliphatic heterocycles. The Bertz CT molecular complexity index is 394. The predicted molar refractivity (Wildman–Crippen MR) is 66.7 cm³/mol. The molecule has 3 unspecified atom stereocenters. The van der Waals surface area contributed by atoms with Crippen molar-refractivity contribution in [3.05, 3.63) is 29.6 Å². The third kappa shape index (κ3) is 2.60. The van der Waals surface area contributed by atoms with Crippen molar-refractivity contribution in [1.82, 2.24) is 0 Å². The van der Waals surface area contributed by atoms with Crippen LogP contribution in [0.5, 0.6) is 5.75 Å². The minimum absolute atomic E-state index is 0.113. The van der Waals surface area contributed by atoms with Crippen LogP contribution >= 0.6 is 0 Å². The molecule has 1 aliphatic carbocycles. The lowest BCUT2D eigenvalue weighted by atomic mass is 9.75. The van der Waals surface area contributed by atoms with Gasteiger partial charge in [0.25, 0.3) is 0 Å². The predicted octanol–water partition coefficient (Wildman–Crippen LogP) is 3.07. The van der Waals surface area contributed by atoms with Crippen LogP contribution in [-0.4, -0.2) is 13.2 Å². The molecule has 2 nitrogen and oxygen atoms in total. The number of halogens is 1. The van der Waals surface area contributed by atoms with Crippen molar-refractivity contribution in [1.29, 1.82) is 0 Å². The lowest BCUT2D eigenvalue weighted by molar-refractivity contribution is 0.297. The van der Waals surface area contributed by atoms with Gasteiger partial charge < -0.3 is 10.5 Å². The van der Waals surface area contributed by atoms with Crippen LogP contribution in [0.15, 0.2) is 18.2 Å². The fourth-order valence-corrected chi connectivity index (χ4v) is 2.76. The molecule has 1 saturated carbocycles. The highest BCUT2D eigenvalue weighted by atomic mass is 19.1.